The molecular weight excluding hydrogens is 424 g/mol. The van der Waals surface area contributed by atoms with Crippen LogP contribution in [0.4, 0.5) is 0 Å². The zero-order valence-electron chi connectivity index (χ0n) is 17.0. The number of fused-ring (bicyclic) bond motifs is 1. The van der Waals surface area contributed by atoms with Crippen LogP contribution in [0.1, 0.15) is 34.6 Å². The van der Waals surface area contributed by atoms with Gasteiger partial charge in [-0.1, -0.05) is 26.0 Å². The molecule has 0 aromatic heterocycles. The maximum Gasteiger partial charge on any atom is 0.329 e. The van der Waals surface area contributed by atoms with Gasteiger partial charge in [0.2, 0.25) is 10.0 Å². The molecular formula is C21H22N2O7S. The van der Waals surface area contributed by atoms with Gasteiger partial charge in [-0.25, -0.2) is 18.4 Å². The van der Waals surface area contributed by atoms with Crippen LogP contribution in [-0.2, 0) is 19.6 Å². The molecule has 0 fully saturated rings. The van der Waals surface area contributed by atoms with E-state index in [2.05, 4.69) is 0 Å². The lowest BCUT2D eigenvalue weighted by Crippen LogP contribution is -2.48. The lowest BCUT2D eigenvalue weighted by Gasteiger charge is -2.27. The van der Waals surface area contributed by atoms with Crippen LogP contribution in [0.5, 0.6) is 5.75 Å². The fraction of sp³-hybridized carbons (Fsp3) is 0.286. The SMILES string of the molecule is CC(C)C(C(=O)OCCOc1ccc(S(N)(=O)=O)cc1)N1C(=O)c2ccccc2C1=O. The lowest BCUT2D eigenvalue weighted by atomic mass is 10.0. The van der Waals surface area contributed by atoms with Gasteiger partial charge >= 0.3 is 5.97 Å². The van der Waals surface area contributed by atoms with Crippen molar-refractivity contribution in [2.45, 2.75) is 24.8 Å². The third kappa shape index (κ3) is 4.75. The summed E-state index contributed by atoms with van der Waals surface area (Å²) < 4.78 is 33.2. The number of rotatable bonds is 8. The summed E-state index contributed by atoms with van der Waals surface area (Å²) in [6.07, 6.45) is 0. The summed E-state index contributed by atoms with van der Waals surface area (Å²) >= 11 is 0. The molecule has 1 aliphatic rings. The van der Waals surface area contributed by atoms with Crippen molar-refractivity contribution in [2.24, 2.45) is 11.1 Å². The van der Waals surface area contributed by atoms with Gasteiger partial charge in [0.05, 0.1) is 16.0 Å². The fourth-order valence-corrected chi connectivity index (χ4v) is 3.76. The summed E-state index contributed by atoms with van der Waals surface area (Å²) in [5.41, 5.74) is 0.523. The molecule has 9 nitrogen and oxygen atoms in total. The van der Waals surface area contributed by atoms with Gasteiger partial charge in [0.25, 0.3) is 11.8 Å². The molecule has 1 aliphatic heterocycles. The number of imide groups is 1. The van der Waals surface area contributed by atoms with E-state index in [0.29, 0.717) is 5.75 Å². The summed E-state index contributed by atoms with van der Waals surface area (Å²) in [6.45, 7) is 3.31. The number of esters is 1. The Kier molecular flexibility index (Phi) is 6.42. The quantitative estimate of drug-likeness (QED) is 0.370. The highest BCUT2D eigenvalue weighted by atomic mass is 32.2. The zero-order chi connectivity index (χ0) is 22.8. The molecule has 10 heteroatoms. The van der Waals surface area contributed by atoms with Gasteiger partial charge < -0.3 is 9.47 Å². The molecule has 31 heavy (non-hydrogen) atoms. The number of benzene rings is 2. The lowest BCUT2D eigenvalue weighted by molar-refractivity contribution is -0.150. The Morgan fingerprint density at radius 3 is 2.00 bits per heavy atom. The smallest absolute Gasteiger partial charge is 0.329 e. The van der Waals surface area contributed by atoms with Gasteiger partial charge in [0, 0.05) is 0 Å². The van der Waals surface area contributed by atoms with Crippen molar-refractivity contribution in [1.29, 1.82) is 0 Å². The van der Waals surface area contributed by atoms with E-state index < -0.39 is 33.8 Å². The first kappa shape index (κ1) is 22.4. The van der Waals surface area contributed by atoms with Gasteiger partial charge in [-0.2, -0.15) is 0 Å². The van der Waals surface area contributed by atoms with Crippen LogP contribution >= 0.6 is 0 Å². The van der Waals surface area contributed by atoms with Gasteiger partial charge in [-0.15, -0.1) is 0 Å². The molecule has 2 aromatic rings. The van der Waals surface area contributed by atoms with Crippen molar-refractivity contribution >= 4 is 27.8 Å². The molecule has 3 rings (SSSR count). The molecule has 2 N–H and O–H groups in total. The van der Waals surface area contributed by atoms with Crippen LogP contribution < -0.4 is 9.88 Å². The number of nitrogens with two attached hydrogens (primary N) is 1. The molecule has 1 heterocycles. The number of hydrogen-bond donors (Lipinski definition) is 1. The number of amides is 2. The van der Waals surface area contributed by atoms with Crippen molar-refractivity contribution in [1.82, 2.24) is 4.90 Å². The summed E-state index contributed by atoms with van der Waals surface area (Å²) in [7, 11) is -3.80. The van der Waals surface area contributed by atoms with Crippen LogP contribution in [0.25, 0.3) is 0 Å². The zero-order valence-corrected chi connectivity index (χ0v) is 17.8. The van der Waals surface area contributed by atoms with E-state index >= 15 is 0 Å². The van der Waals surface area contributed by atoms with Crippen LogP contribution in [0.2, 0.25) is 0 Å². The largest absolute Gasteiger partial charge is 0.490 e. The predicted octanol–water partition coefficient (Wildman–Crippen LogP) is 1.58. The number of primary sulfonamides is 1. The molecule has 2 amide bonds. The highest BCUT2D eigenvalue weighted by Crippen LogP contribution is 2.27. The predicted molar refractivity (Wildman–Crippen MR) is 110 cm³/mol. The molecule has 0 saturated heterocycles. The molecule has 0 radical (unpaired) electrons. The monoisotopic (exact) mass is 446 g/mol. The third-order valence-corrected chi connectivity index (χ3v) is 5.65. The van der Waals surface area contributed by atoms with E-state index in [0.717, 1.165) is 4.90 Å². The molecule has 164 valence electrons. The summed E-state index contributed by atoms with van der Waals surface area (Å²) in [4.78, 5) is 39.0. The van der Waals surface area contributed by atoms with Gasteiger partial charge in [-0.3, -0.25) is 14.5 Å². The van der Waals surface area contributed by atoms with Crippen molar-refractivity contribution in [3.8, 4) is 5.75 Å². The van der Waals surface area contributed by atoms with Crippen LogP contribution in [0.15, 0.2) is 53.4 Å². The Morgan fingerprint density at radius 1 is 0.968 bits per heavy atom. The van der Waals surface area contributed by atoms with E-state index in [9.17, 15) is 22.8 Å². The number of carbonyl (C=O) groups excluding carboxylic acids is 3. The second kappa shape index (κ2) is 8.86. The number of hydrogen-bond acceptors (Lipinski definition) is 7. The molecule has 2 aromatic carbocycles. The first-order chi connectivity index (χ1) is 14.6. The summed E-state index contributed by atoms with van der Waals surface area (Å²) in [6, 6.07) is 10.8. The van der Waals surface area contributed by atoms with Crippen LogP contribution in [0.3, 0.4) is 0 Å². The second-order valence-corrected chi connectivity index (χ2v) is 8.81. The average Bonchev–Trinajstić information content (AvgIpc) is 2.96. The first-order valence-electron chi connectivity index (χ1n) is 9.50. The van der Waals surface area contributed by atoms with Crippen LogP contribution in [0, 0.1) is 5.92 Å². The first-order valence-corrected chi connectivity index (χ1v) is 11.0. The fourth-order valence-electron chi connectivity index (χ4n) is 3.25. The Labute approximate surface area is 179 Å². The maximum absolute atomic E-state index is 12.7. The topological polar surface area (TPSA) is 133 Å². The molecule has 1 atom stereocenters. The standard InChI is InChI=1S/C21H22N2O7S/c1-13(2)18(23-19(24)16-5-3-4-6-17(16)20(23)25)21(26)30-12-11-29-14-7-9-15(10-8-14)31(22,27)28/h3-10,13,18H,11-12H2,1-2H3,(H2,22,27,28). The van der Waals surface area contributed by atoms with E-state index in [4.69, 9.17) is 14.6 Å². The van der Waals surface area contributed by atoms with Crippen molar-refractivity contribution in [2.75, 3.05) is 13.2 Å². The minimum absolute atomic E-state index is 0.00655. The minimum atomic E-state index is -3.80. The normalized spacial score (nSPS) is 14.5. The summed E-state index contributed by atoms with van der Waals surface area (Å²) in [5.74, 6) is -1.76. The van der Waals surface area contributed by atoms with Gasteiger partial charge in [0.15, 0.2) is 0 Å². The second-order valence-electron chi connectivity index (χ2n) is 7.25. The van der Waals surface area contributed by atoms with E-state index in [1.54, 1.807) is 38.1 Å². The number of carbonyl (C=O) groups is 3. The highest BCUT2D eigenvalue weighted by Gasteiger charge is 2.44. The Bertz CT molecular complexity index is 1080. The number of nitrogens with zero attached hydrogens (tertiary/aromatic N) is 1. The maximum atomic E-state index is 12.7. The highest BCUT2D eigenvalue weighted by molar-refractivity contribution is 7.89. The summed E-state index contributed by atoms with van der Waals surface area (Å²) in [5, 5.41) is 5.04. The van der Waals surface area contributed by atoms with Gasteiger partial charge in [0.1, 0.15) is 25.0 Å². The molecule has 0 spiro atoms. The minimum Gasteiger partial charge on any atom is -0.490 e. The average molecular weight is 446 g/mol. The van der Waals surface area contributed by atoms with Crippen molar-refractivity contribution < 1.29 is 32.3 Å². The number of sulfonamides is 1. The Hall–Kier alpha value is -3.24. The van der Waals surface area contributed by atoms with E-state index in [1.165, 1.54) is 24.3 Å². The third-order valence-electron chi connectivity index (χ3n) is 4.73. The molecule has 0 saturated carbocycles. The van der Waals surface area contributed by atoms with Gasteiger partial charge in [-0.05, 0) is 42.3 Å². The number of ether oxygens (including phenoxy) is 2. The molecule has 0 aliphatic carbocycles. The van der Waals surface area contributed by atoms with Crippen molar-refractivity contribution in [3.05, 3.63) is 59.7 Å². The van der Waals surface area contributed by atoms with Crippen molar-refractivity contribution in [3.63, 3.8) is 0 Å². The molecule has 0 bridgehead atoms. The Morgan fingerprint density at radius 2 is 1.52 bits per heavy atom. The van der Waals surface area contributed by atoms with E-state index in [1.807, 2.05) is 0 Å². The molecule has 1 unspecified atom stereocenters. The van der Waals surface area contributed by atoms with Crippen LogP contribution in [-0.4, -0.2) is 50.4 Å². The van der Waals surface area contributed by atoms with E-state index in [-0.39, 0.29) is 35.2 Å². The Balaban J connectivity index is 1.60.